The average molecular weight is 534 g/mol. The molecule has 0 spiro atoms. The normalized spacial score (nSPS) is 13.5. The standard InChI is InChI=1S/C32H68NO2.ClH/c1-7-10-13-15-17-19-20-21-22-24-26-28-32(31(4)35-33(5,6)29-12-9-3)34-30-27-25-23-18-16-14-11-8-2;/h31-32H,7-30H2,1-6H3;1H/q+1;/p-1. The first-order valence-electron chi connectivity index (χ1n) is 16.1. The number of rotatable bonds is 28. The SMILES string of the molecule is CCCCCCCCCCCCCC(OCCCCCCCCCC)C(C)O[N+](C)(C)CCCC.[Cl-]. The van der Waals surface area contributed by atoms with Crippen LogP contribution in [0.5, 0.6) is 0 Å². The van der Waals surface area contributed by atoms with Gasteiger partial charge in [0.25, 0.3) is 0 Å². The first-order valence-corrected chi connectivity index (χ1v) is 16.1. The van der Waals surface area contributed by atoms with E-state index in [-0.39, 0.29) is 24.6 Å². The third kappa shape index (κ3) is 25.8. The van der Waals surface area contributed by atoms with Crippen LogP contribution in [0.4, 0.5) is 0 Å². The summed E-state index contributed by atoms with van der Waals surface area (Å²) in [6, 6.07) is 0. The Morgan fingerprint density at radius 2 is 0.917 bits per heavy atom. The van der Waals surface area contributed by atoms with Gasteiger partial charge in [-0.25, -0.2) is 0 Å². The van der Waals surface area contributed by atoms with Crippen molar-refractivity contribution in [3.8, 4) is 0 Å². The van der Waals surface area contributed by atoms with E-state index in [0.717, 1.165) is 19.6 Å². The van der Waals surface area contributed by atoms with Gasteiger partial charge in [-0.2, -0.15) is 9.48 Å². The van der Waals surface area contributed by atoms with Gasteiger partial charge in [0.05, 0.1) is 20.2 Å². The Morgan fingerprint density at radius 3 is 1.36 bits per heavy atom. The van der Waals surface area contributed by atoms with E-state index >= 15 is 0 Å². The highest BCUT2D eigenvalue weighted by molar-refractivity contribution is 4.66. The monoisotopic (exact) mass is 533 g/mol. The summed E-state index contributed by atoms with van der Waals surface area (Å²) < 4.78 is 7.10. The summed E-state index contributed by atoms with van der Waals surface area (Å²) in [7, 11) is 4.40. The molecule has 0 aliphatic rings. The van der Waals surface area contributed by atoms with Crippen molar-refractivity contribution in [3.63, 3.8) is 0 Å². The molecule has 0 aliphatic heterocycles. The summed E-state index contributed by atoms with van der Waals surface area (Å²) in [5.41, 5.74) is 0. The van der Waals surface area contributed by atoms with Crippen molar-refractivity contribution in [1.29, 1.82) is 0 Å². The van der Waals surface area contributed by atoms with Gasteiger partial charge in [-0.15, -0.1) is 0 Å². The van der Waals surface area contributed by atoms with Crippen molar-refractivity contribution in [2.45, 2.75) is 181 Å². The first kappa shape index (κ1) is 38.3. The zero-order valence-corrected chi connectivity index (χ0v) is 26.5. The molecule has 0 aromatic heterocycles. The Bertz CT molecular complexity index is 419. The van der Waals surface area contributed by atoms with Gasteiger partial charge in [0, 0.05) is 6.61 Å². The van der Waals surface area contributed by atoms with Crippen LogP contribution >= 0.6 is 0 Å². The average Bonchev–Trinajstić information content (AvgIpc) is 2.83. The Labute approximate surface area is 234 Å². The van der Waals surface area contributed by atoms with Gasteiger partial charge >= 0.3 is 0 Å². The summed E-state index contributed by atoms with van der Waals surface area (Å²) in [6.07, 6.45) is 30.1. The van der Waals surface area contributed by atoms with Gasteiger partial charge in [-0.05, 0) is 26.2 Å². The second kappa shape index (κ2) is 28.2. The molecule has 2 atom stereocenters. The molecule has 0 aromatic rings. The van der Waals surface area contributed by atoms with E-state index in [1.807, 2.05) is 0 Å². The van der Waals surface area contributed by atoms with Crippen molar-refractivity contribution in [2.75, 3.05) is 27.2 Å². The minimum atomic E-state index is 0. The van der Waals surface area contributed by atoms with Crippen LogP contribution in [0.2, 0.25) is 0 Å². The van der Waals surface area contributed by atoms with Gasteiger partial charge in [-0.3, -0.25) is 0 Å². The molecule has 0 aromatic carbocycles. The summed E-state index contributed by atoms with van der Waals surface area (Å²) in [4.78, 5) is 6.50. The molecular weight excluding hydrogens is 466 g/mol. The van der Waals surface area contributed by atoms with Gasteiger partial charge in [-0.1, -0.05) is 143 Å². The van der Waals surface area contributed by atoms with Crippen LogP contribution in [-0.2, 0) is 9.57 Å². The molecule has 0 bridgehead atoms. The van der Waals surface area contributed by atoms with Crippen molar-refractivity contribution in [3.05, 3.63) is 0 Å². The van der Waals surface area contributed by atoms with Crippen molar-refractivity contribution >= 4 is 0 Å². The van der Waals surface area contributed by atoms with E-state index < -0.39 is 0 Å². The topological polar surface area (TPSA) is 18.5 Å². The molecule has 0 N–H and O–H groups in total. The molecule has 4 heteroatoms. The fourth-order valence-corrected chi connectivity index (χ4v) is 5.04. The van der Waals surface area contributed by atoms with E-state index in [4.69, 9.17) is 9.57 Å². The second-order valence-corrected chi connectivity index (χ2v) is 11.7. The number of ether oxygens (including phenoxy) is 1. The van der Waals surface area contributed by atoms with Crippen LogP contribution in [0.25, 0.3) is 0 Å². The highest BCUT2D eigenvalue weighted by Gasteiger charge is 2.27. The van der Waals surface area contributed by atoms with Crippen LogP contribution in [-0.4, -0.2) is 44.1 Å². The molecule has 0 saturated carbocycles. The van der Waals surface area contributed by atoms with Gasteiger partial charge in [0.1, 0.15) is 12.6 Å². The first-order chi connectivity index (χ1) is 17.0. The van der Waals surface area contributed by atoms with Crippen LogP contribution in [0.15, 0.2) is 0 Å². The lowest BCUT2D eigenvalue weighted by atomic mass is 10.0. The van der Waals surface area contributed by atoms with Gasteiger partial charge < -0.3 is 17.1 Å². The van der Waals surface area contributed by atoms with Crippen LogP contribution in [0.3, 0.4) is 0 Å². The number of halogens is 1. The van der Waals surface area contributed by atoms with Crippen LogP contribution < -0.4 is 12.4 Å². The lowest BCUT2D eigenvalue weighted by Gasteiger charge is -2.33. The Morgan fingerprint density at radius 1 is 0.528 bits per heavy atom. The number of hydrogen-bond acceptors (Lipinski definition) is 2. The van der Waals surface area contributed by atoms with Crippen LogP contribution in [0.1, 0.15) is 169 Å². The van der Waals surface area contributed by atoms with Crippen molar-refractivity contribution in [2.24, 2.45) is 0 Å². The molecule has 0 aliphatic carbocycles. The van der Waals surface area contributed by atoms with E-state index in [1.165, 1.54) is 135 Å². The predicted octanol–water partition coefficient (Wildman–Crippen LogP) is 7.41. The van der Waals surface area contributed by atoms with Crippen molar-refractivity contribution in [1.82, 2.24) is 0 Å². The smallest absolute Gasteiger partial charge is 0.140 e. The van der Waals surface area contributed by atoms with E-state index in [0.29, 0.717) is 4.65 Å². The third-order valence-corrected chi connectivity index (χ3v) is 7.45. The van der Waals surface area contributed by atoms with E-state index in [9.17, 15) is 0 Å². The molecule has 220 valence electrons. The molecular formula is C32H68ClNO2. The van der Waals surface area contributed by atoms with Gasteiger partial charge in [0.15, 0.2) is 0 Å². The van der Waals surface area contributed by atoms with Crippen LogP contribution in [0, 0.1) is 0 Å². The molecule has 0 rings (SSSR count). The summed E-state index contributed by atoms with van der Waals surface area (Å²) >= 11 is 0. The zero-order valence-electron chi connectivity index (χ0n) is 25.8. The zero-order chi connectivity index (χ0) is 26.0. The summed E-state index contributed by atoms with van der Waals surface area (Å²) in [6.45, 7) is 11.1. The summed E-state index contributed by atoms with van der Waals surface area (Å²) in [5, 5.41) is 0. The molecule has 0 saturated heterocycles. The number of nitrogens with zero attached hydrogens (tertiary/aromatic N) is 1. The lowest BCUT2D eigenvalue weighted by Crippen LogP contribution is -3.00. The number of unbranched alkanes of at least 4 members (excludes halogenated alkanes) is 18. The summed E-state index contributed by atoms with van der Waals surface area (Å²) in [5.74, 6) is 0. The number of hydrogen-bond donors (Lipinski definition) is 0. The van der Waals surface area contributed by atoms with E-state index in [2.05, 4.69) is 41.8 Å². The van der Waals surface area contributed by atoms with Gasteiger partial charge in [0.2, 0.25) is 0 Å². The number of hydroxylamine groups is 3. The number of quaternary nitrogens is 1. The third-order valence-electron chi connectivity index (χ3n) is 7.45. The highest BCUT2D eigenvalue weighted by atomic mass is 35.5. The Hall–Kier alpha value is 0.170. The molecule has 3 nitrogen and oxygen atoms in total. The van der Waals surface area contributed by atoms with Crippen molar-refractivity contribution < 1.29 is 26.6 Å². The fourth-order valence-electron chi connectivity index (χ4n) is 5.04. The molecule has 0 fully saturated rings. The maximum absolute atomic E-state index is 6.50. The molecule has 0 radical (unpaired) electrons. The highest BCUT2D eigenvalue weighted by Crippen LogP contribution is 2.19. The predicted molar refractivity (Wildman–Crippen MR) is 156 cm³/mol. The molecule has 0 amide bonds. The quantitative estimate of drug-likeness (QED) is 0.0591. The second-order valence-electron chi connectivity index (χ2n) is 11.7. The minimum Gasteiger partial charge on any atom is -1.00 e. The molecule has 36 heavy (non-hydrogen) atoms. The minimum absolute atomic E-state index is 0. The lowest BCUT2D eigenvalue weighted by molar-refractivity contribution is -1.08. The molecule has 0 heterocycles. The maximum atomic E-state index is 6.50. The largest absolute Gasteiger partial charge is 1.00 e. The Kier molecular flexibility index (Phi) is 30.0. The fraction of sp³-hybridized carbons (Fsp3) is 1.00. The van der Waals surface area contributed by atoms with E-state index in [1.54, 1.807) is 0 Å². The molecule has 2 unspecified atom stereocenters. The Balaban J connectivity index is 0. The maximum Gasteiger partial charge on any atom is 0.140 e.